The van der Waals surface area contributed by atoms with Crippen LogP contribution in [0.15, 0.2) is 84.9 Å². The van der Waals surface area contributed by atoms with Crippen LogP contribution in [-0.4, -0.2) is 68.6 Å². The van der Waals surface area contributed by atoms with E-state index < -0.39 is 48.8 Å². The van der Waals surface area contributed by atoms with E-state index in [4.69, 9.17) is 25.4 Å². The van der Waals surface area contributed by atoms with Crippen molar-refractivity contribution >= 4 is 53.8 Å². The number of hydrogen-bond donors (Lipinski definition) is 6. The number of carboxylic acid groups (broad SMARTS) is 3. The average molecular weight is 747 g/mol. The second kappa shape index (κ2) is 17.5. The van der Waals surface area contributed by atoms with E-state index in [9.17, 15) is 39.3 Å². The number of para-hydroxylation sites is 1. The van der Waals surface area contributed by atoms with Crippen LogP contribution in [0.5, 0.6) is 17.2 Å². The maximum atomic E-state index is 14.4. The summed E-state index contributed by atoms with van der Waals surface area (Å²) in [7, 11) is 0. The Morgan fingerprint density at radius 3 is 2.38 bits per heavy atom. The molecule has 1 aliphatic heterocycles. The number of carbonyl (C=O) groups is 5. The molecule has 0 aromatic heterocycles. The number of nitrogens with zero attached hydrogens (tertiary/aromatic N) is 1. The number of aromatic carboxylic acids is 1. The number of guanidine groups is 1. The van der Waals surface area contributed by atoms with Gasteiger partial charge in [-0.15, -0.1) is 12.4 Å². The number of nitrogens with one attached hydrogen (secondary N) is 2. The molecule has 276 valence electrons. The molecule has 7 N–H and O–H groups in total. The van der Waals surface area contributed by atoms with Gasteiger partial charge in [0.15, 0.2) is 17.5 Å². The van der Waals surface area contributed by atoms with Crippen molar-refractivity contribution in [3.8, 4) is 17.2 Å². The Labute approximate surface area is 308 Å². The second-order valence-corrected chi connectivity index (χ2v) is 11.7. The zero-order valence-corrected chi connectivity index (χ0v) is 28.8. The number of carboxylic acids is 3. The molecule has 0 aliphatic carbocycles. The minimum atomic E-state index is -1.91. The van der Waals surface area contributed by atoms with E-state index >= 15 is 0 Å². The molecule has 4 aromatic rings. The normalized spacial score (nSPS) is 12.6. The van der Waals surface area contributed by atoms with E-state index in [0.717, 1.165) is 10.5 Å². The van der Waals surface area contributed by atoms with Gasteiger partial charge in [-0.2, -0.15) is 0 Å². The molecule has 4 aromatic carbocycles. The van der Waals surface area contributed by atoms with Gasteiger partial charge >= 0.3 is 23.9 Å². The molecule has 0 spiro atoms. The van der Waals surface area contributed by atoms with Gasteiger partial charge in [0.2, 0.25) is 0 Å². The first kappa shape index (κ1) is 39.2. The number of anilines is 1. The average Bonchev–Trinajstić information content (AvgIpc) is 3.10. The highest BCUT2D eigenvalue weighted by Gasteiger charge is 2.35. The van der Waals surface area contributed by atoms with Crippen LogP contribution in [0.2, 0.25) is 0 Å². The number of esters is 1. The van der Waals surface area contributed by atoms with Crippen LogP contribution in [0.4, 0.5) is 5.69 Å². The molecule has 0 saturated heterocycles. The van der Waals surface area contributed by atoms with Crippen LogP contribution < -0.4 is 25.3 Å². The molecular formula is C37H35ClN4O11. The Bertz CT molecular complexity index is 2040. The predicted molar refractivity (Wildman–Crippen MR) is 192 cm³/mol. The molecule has 1 aliphatic rings. The van der Waals surface area contributed by atoms with Gasteiger partial charge in [-0.25, -0.2) is 14.4 Å². The summed E-state index contributed by atoms with van der Waals surface area (Å²) in [5.74, 6) is -6.69. The molecule has 53 heavy (non-hydrogen) atoms. The minimum Gasteiger partial charge on any atom is -0.489 e. The van der Waals surface area contributed by atoms with Gasteiger partial charge in [0.05, 0.1) is 29.7 Å². The molecule has 1 atom stereocenters. The molecule has 0 saturated carbocycles. The Kier molecular flexibility index (Phi) is 13.0. The summed E-state index contributed by atoms with van der Waals surface area (Å²) in [4.78, 5) is 65.0. The highest BCUT2D eigenvalue weighted by Crippen LogP contribution is 2.35. The lowest BCUT2D eigenvalue weighted by Crippen LogP contribution is -2.46. The third-order valence-electron chi connectivity index (χ3n) is 7.96. The molecule has 1 heterocycles. The van der Waals surface area contributed by atoms with Gasteiger partial charge in [-0.05, 0) is 78.1 Å². The van der Waals surface area contributed by atoms with Crippen molar-refractivity contribution in [1.29, 1.82) is 5.41 Å². The van der Waals surface area contributed by atoms with Gasteiger partial charge in [0.1, 0.15) is 18.4 Å². The van der Waals surface area contributed by atoms with E-state index in [0.29, 0.717) is 24.1 Å². The number of ether oxygens (including phenoxy) is 3. The van der Waals surface area contributed by atoms with E-state index in [-0.39, 0.29) is 71.1 Å². The molecule has 0 bridgehead atoms. The number of aliphatic carboxylic acids is 2. The Morgan fingerprint density at radius 2 is 1.70 bits per heavy atom. The quantitative estimate of drug-likeness (QED) is 0.0495. The van der Waals surface area contributed by atoms with Crippen LogP contribution in [0.25, 0.3) is 0 Å². The summed E-state index contributed by atoms with van der Waals surface area (Å²) in [6, 6.07) is 19.9. The standard InChI is InChI=1S/C37H34N4O11.ClH/c38-37(39)40-25-11-12-27-23(16-25)8-5-13-50-32-28(9-4-10-30(32)52-36(27)49)33(44)41(29(35(47)48)18-31(42)43)19-22-14-24(34(45)46)17-26(15-22)51-20-21-6-2-1-3-7-21;/h1-4,6-7,9-12,14-17,29H,5,8,13,18-20H2,(H,42,43)(H,45,46)(H,47,48)(H4,38,39,40);1H. The van der Waals surface area contributed by atoms with E-state index in [1.54, 1.807) is 24.3 Å². The van der Waals surface area contributed by atoms with Gasteiger partial charge in [0, 0.05) is 12.2 Å². The van der Waals surface area contributed by atoms with Crippen LogP contribution >= 0.6 is 12.4 Å². The monoisotopic (exact) mass is 746 g/mol. The number of amides is 1. The highest BCUT2D eigenvalue weighted by molar-refractivity contribution is 6.01. The fourth-order valence-electron chi connectivity index (χ4n) is 5.61. The lowest BCUT2D eigenvalue weighted by atomic mass is 10.0. The first-order valence-electron chi connectivity index (χ1n) is 15.9. The number of benzene rings is 4. The topological polar surface area (TPSA) is 239 Å². The summed E-state index contributed by atoms with van der Waals surface area (Å²) in [6.45, 7) is -0.436. The van der Waals surface area contributed by atoms with Crippen molar-refractivity contribution in [1.82, 2.24) is 4.90 Å². The van der Waals surface area contributed by atoms with Crippen LogP contribution in [0.1, 0.15) is 60.6 Å². The van der Waals surface area contributed by atoms with Crippen molar-refractivity contribution in [2.45, 2.75) is 38.5 Å². The zero-order valence-electron chi connectivity index (χ0n) is 27.9. The molecule has 0 fully saturated rings. The summed E-state index contributed by atoms with van der Waals surface area (Å²) in [5, 5.41) is 39.8. The van der Waals surface area contributed by atoms with Crippen molar-refractivity contribution in [2.24, 2.45) is 5.73 Å². The second-order valence-electron chi connectivity index (χ2n) is 11.7. The smallest absolute Gasteiger partial charge is 0.343 e. The Hall–Kier alpha value is -6.61. The van der Waals surface area contributed by atoms with E-state index in [1.165, 1.54) is 42.5 Å². The summed E-state index contributed by atoms with van der Waals surface area (Å²) in [5.41, 5.74) is 7.24. The molecule has 1 unspecified atom stereocenters. The SMILES string of the molecule is Cl.N=C(N)Nc1ccc2c(c1)CCCOc1c(cccc1C(=O)N(Cc1cc(OCc3ccccc3)cc(C(=O)O)c1)C(CC(=O)O)C(=O)O)OC2=O. The summed E-state index contributed by atoms with van der Waals surface area (Å²) >= 11 is 0. The molecule has 0 radical (unpaired) electrons. The van der Waals surface area contributed by atoms with Crippen molar-refractivity contribution in [3.05, 3.63) is 118 Å². The van der Waals surface area contributed by atoms with Gasteiger partial charge < -0.3 is 45.5 Å². The lowest BCUT2D eigenvalue weighted by molar-refractivity contribution is -0.149. The van der Waals surface area contributed by atoms with E-state index in [2.05, 4.69) is 5.32 Å². The number of nitrogens with two attached hydrogens (primary N) is 1. The number of halogens is 1. The highest BCUT2D eigenvalue weighted by atomic mass is 35.5. The van der Waals surface area contributed by atoms with Crippen LogP contribution in [0.3, 0.4) is 0 Å². The first-order valence-corrected chi connectivity index (χ1v) is 15.9. The fraction of sp³-hybridized carbons (Fsp3) is 0.189. The predicted octanol–water partition coefficient (Wildman–Crippen LogP) is 4.81. The van der Waals surface area contributed by atoms with Crippen LogP contribution in [0, 0.1) is 5.41 Å². The van der Waals surface area contributed by atoms with Crippen molar-refractivity contribution in [3.63, 3.8) is 0 Å². The van der Waals surface area contributed by atoms with E-state index in [1.807, 2.05) is 18.2 Å². The van der Waals surface area contributed by atoms with Crippen molar-refractivity contribution in [2.75, 3.05) is 11.9 Å². The minimum absolute atomic E-state index is 0. The molecule has 16 heteroatoms. The van der Waals surface area contributed by atoms with Gasteiger partial charge in [-0.3, -0.25) is 15.0 Å². The first-order chi connectivity index (χ1) is 24.9. The number of fused-ring (bicyclic) bond motifs is 2. The fourth-order valence-corrected chi connectivity index (χ4v) is 5.61. The largest absolute Gasteiger partial charge is 0.489 e. The maximum absolute atomic E-state index is 14.4. The Morgan fingerprint density at radius 1 is 0.943 bits per heavy atom. The third-order valence-corrected chi connectivity index (χ3v) is 7.96. The number of hydrogen-bond acceptors (Lipinski definition) is 9. The number of rotatable bonds is 12. The third kappa shape index (κ3) is 10.0. The lowest BCUT2D eigenvalue weighted by Gasteiger charge is -2.29. The Balaban J connectivity index is 0.00000627. The zero-order chi connectivity index (χ0) is 37.4. The molecule has 5 rings (SSSR count). The maximum Gasteiger partial charge on any atom is 0.343 e. The number of carbonyl (C=O) groups excluding carboxylic acids is 2. The van der Waals surface area contributed by atoms with Crippen molar-refractivity contribution < 1.29 is 53.5 Å². The number of aryl methyl sites for hydroxylation is 1. The molecule has 1 amide bonds. The van der Waals surface area contributed by atoms with Crippen LogP contribution in [-0.2, 0) is 29.2 Å². The molecule has 15 nitrogen and oxygen atoms in total. The summed E-state index contributed by atoms with van der Waals surface area (Å²) in [6.07, 6.45) is -0.289. The van der Waals surface area contributed by atoms with Gasteiger partial charge in [-0.1, -0.05) is 36.4 Å². The van der Waals surface area contributed by atoms with Gasteiger partial charge in [0.25, 0.3) is 5.91 Å². The summed E-state index contributed by atoms with van der Waals surface area (Å²) < 4.78 is 17.5. The molecular weight excluding hydrogens is 712 g/mol.